The van der Waals surface area contributed by atoms with Gasteiger partial charge >= 0.3 is 19.8 Å². The lowest BCUT2D eigenvalue weighted by Crippen LogP contribution is -2.29. The van der Waals surface area contributed by atoms with Crippen LogP contribution in [-0.4, -0.2) is 65.7 Å². The maximum Gasteiger partial charge on any atom is 0.472 e. The molecule has 11 heteroatoms. The molecule has 0 spiro atoms. The zero-order valence-corrected chi connectivity index (χ0v) is 34.6. The average molecular weight is 775 g/mol. The van der Waals surface area contributed by atoms with Crippen molar-refractivity contribution < 1.29 is 47.8 Å². The predicted molar refractivity (Wildman–Crippen MR) is 215 cm³/mol. The highest BCUT2D eigenvalue weighted by Crippen LogP contribution is 2.43. The number of carbonyl (C=O) groups excluding carboxylic acids is 2. The van der Waals surface area contributed by atoms with Gasteiger partial charge in [-0.25, -0.2) is 4.57 Å². The molecule has 0 saturated carbocycles. The van der Waals surface area contributed by atoms with E-state index >= 15 is 0 Å². The van der Waals surface area contributed by atoms with Gasteiger partial charge in [0.2, 0.25) is 0 Å². The van der Waals surface area contributed by atoms with E-state index in [0.717, 1.165) is 64.2 Å². The molecule has 0 aliphatic heterocycles. The summed E-state index contributed by atoms with van der Waals surface area (Å²) in [6, 6.07) is 0. The summed E-state index contributed by atoms with van der Waals surface area (Å²) in [6.07, 6.45) is 37.1. The molecule has 0 saturated heterocycles. The molecule has 0 aromatic carbocycles. The molecule has 0 fully saturated rings. The van der Waals surface area contributed by atoms with Gasteiger partial charge < -0.3 is 24.6 Å². The third-order valence-corrected chi connectivity index (χ3v) is 10.0. The van der Waals surface area contributed by atoms with Crippen molar-refractivity contribution in [3.05, 3.63) is 24.3 Å². The Morgan fingerprint density at radius 1 is 0.547 bits per heavy atom. The molecule has 3 atom stereocenters. The molecular formula is C42H79O10P. The van der Waals surface area contributed by atoms with Crippen molar-refractivity contribution in [2.75, 3.05) is 26.4 Å². The van der Waals surface area contributed by atoms with Gasteiger partial charge in [-0.1, -0.05) is 141 Å². The molecular weight excluding hydrogens is 695 g/mol. The molecule has 0 bridgehead atoms. The van der Waals surface area contributed by atoms with Crippen LogP contribution < -0.4 is 0 Å². The molecule has 3 N–H and O–H groups in total. The number of esters is 2. The molecule has 1 unspecified atom stereocenters. The number of aliphatic hydroxyl groups excluding tert-OH is 2. The number of unbranched alkanes of at least 4 members (excludes halogenated alkanes) is 22. The van der Waals surface area contributed by atoms with E-state index < -0.39 is 51.8 Å². The van der Waals surface area contributed by atoms with E-state index in [2.05, 4.69) is 42.7 Å². The third kappa shape index (κ3) is 38.5. The number of rotatable bonds is 40. The van der Waals surface area contributed by atoms with Crippen molar-refractivity contribution in [2.24, 2.45) is 0 Å². The summed E-state index contributed by atoms with van der Waals surface area (Å²) in [6.45, 7) is 2.35. The lowest BCUT2D eigenvalue weighted by atomic mass is 10.1. The fourth-order valence-electron chi connectivity index (χ4n) is 5.75. The lowest BCUT2D eigenvalue weighted by Gasteiger charge is -2.20. The number of phosphoric ester groups is 1. The van der Waals surface area contributed by atoms with Crippen LogP contribution in [-0.2, 0) is 32.7 Å². The van der Waals surface area contributed by atoms with E-state index in [-0.39, 0.29) is 19.4 Å². The highest BCUT2D eigenvalue weighted by molar-refractivity contribution is 7.47. The Kier molecular flexibility index (Phi) is 37.6. The van der Waals surface area contributed by atoms with E-state index in [1.54, 1.807) is 0 Å². The van der Waals surface area contributed by atoms with E-state index in [4.69, 9.17) is 19.1 Å². The normalized spacial score (nSPS) is 14.1. The van der Waals surface area contributed by atoms with Gasteiger partial charge in [-0.15, -0.1) is 0 Å². The molecule has 0 aliphatic carbocycles. The van der Waals surface area contributed by atoms with Crippen molar-refractivity contribution in [2.45, 2.75) is 206 Å². The summed E-state index contributed by atoms with van der Waals surface area (Å²) in [7, 11) is -4.61. The van der Waals surface area contributed by atoms with Gasteiger partial charge in [0.25, 0.3) is 0 Å². The first-order valence-electron chi connectivity index (χ1n) is 21.3. The van der Waals surface area contributed by atoms with Crippen LogP contribution in [0.4, 0.5) is 0 Å². The van der Waals surface area contributed by atoms with Crippen LogP contribution in [0.2, 0.25) is 0 Å². The summed E-state index contributed by atoms with van der Waals surface area (Å²) in [5.41, 5.74) is 0. The summed E-state index contributed by atoms with van der Waals surface area (Å²) < 4.78 is 32.7. The van der Waals surface area contributed by atoms with E-state index in [1.807, 2.05) is 0 Å². The average Bonchev–Trinajstić information content (AvgIpc) is 3.14. The van der Waals surface area contributed by atoms with Crippen LogP contribution in [0.1, 0.15) is 194 Å². The predicted octanol–water partition coefficient (Wildman–Crippen LogP) is 11.0. The number of carbonyl (C=O) groups is 2. The Balaban J connectivity index is 4.31. The second-order valence-electron chi connectivity index (χ2n) is 14.4. The minimum Gasteiger partial charge on any atom is -0.462 e. The van der Waals surface area contributed by atoms with Crippen molar-refractivity contribution in [3.8, 4) is 0 Å². The number of allylic oxidation sites excluding steroid dienone is 4. The number of hydrogen-bond acceptors (Lipinski definition) is 9. The molecule has 0 radical (unpaired) electrons. The van der Waals surface area contributed by atoms with Crippen molar-refractivity contribution >= 4 is 19.8 Å². The zero-order chi connectivity index (χ0) is 39.1. The van der Waals surface area contributed by atoms with Crippen LogP contribution in [0.3, 0.4) is 0 Å². The largest absolute Gasteiger partial charge is 0.472 e. The van der Waals surface area contributed by atoms with E-state index in [1.165, 1.54) is 89.9 Å². The minimum absolute atomic E-state index is 0.179. The second-order valence-corrected chi connectivity index (χ2v) is 15.8. The SMILES string of the molecule is CCCCCC/C=C\CCCCCCCC(=O)OC[C@H](COP(=O)(O)OC[C@@H](O)CO)OC(=O)CCCCCCCCC/C=C\CCCCCCCC. The first-order valence-corrected chi connectivity index (χ1v) is 22.8. The monoisotopic (exact) mass is 775 g/mol. The fraction of sp³-hybridized carbons (Fsp3) is 0.857. The zero-order valence-electron chi connectivity index (χ0n) is 33.7. The molecule has 10 nitrogen and oxygen atoms in total. The Morgan fingerprint density at radius 3 is 1.38 bits per heavy atom. The molecule has 0 aromatic rings. The maximum atomic E-state index is 12.6. The molecule has 312 valence electrons. The van der Waals surface area contributed by atoms with E-state index in [0.29, 0.717) is 12.8 Å². The van der Waals surface area contributed by atoms with Crippen LogP contribution in [0.25, 0.3) is 0 Å². The first kappa shape index (κ1) is 51.5. The Morgan fingerprint density at radius 2 is 0.925 bits per heavy atom. The van der Waals surface area contributed by atoms with Crippen molar-refractivity contribution in [1.29, 1.82) is 0 Å². The number of phosphoric acid groups is 1. The van der Waals surface area contributed by atoms with Crippen molar-refractivity contribution in [3.63, 3.8) is 0 Å². The number of aliphatic hydroxyl groups is 2. The van der Waals surface area contributed by atoms with E-state index in [9.17, 15) is 24.2 Å². The molecule has 0 amide bonds. The second kappa shape index (κ2) is 38.7. The smallest absolute Gasteiger partial charge is 0.462 e. The van der Waals surface area contributed by atoms with Gasteiger partial charge in [-0.05, 0) is 64.2 Å². The Hall–Kier alpha value is -1.55. The fourth-order valence-corrected chi connectivity index (χ4v) is 6.54. The molecule has 53 heavy (non-hydrogen) atoms. The van der Waals surface area contributed by atoms with Gasteiger partial charge in [0.1, 0.15) is 12.7 Å². The van der Waals surface area contributed by atoms with Crippen LogP contribution in [0.15, 0.2) is 24.3 Å². The van der Waals surface area contributed by atoms with Gasteiger partial charge in [0.15, 0.2) is 6.10 Å². The standard InChI is InChI=1S/C42H79O10P/c1-3-5-7-9-11-13-15-17-18-19-20-22-24-26-28-30-32-34-42(46)52-40(38-51-53(47,48)50-36-39(44)35-43)37-49-41(45)33-31-29-27-25-23-21-16-14-12-10-8-6-4-2/h14,16-18,39-40,43-44H,3-13,15,19-38H2,1-2H3,(H,47,48)/b16-14-,18-17-/t39-,40+/m0/s1. The molecule has 0 heterocycles. The maximum absolute atomic E-state index is 12.6. The summed E-state index contributed by atoms with van der Waals surface area (Å²) in [5, 5.41) is 18.3. The topological polar surface area (TPSA) is 149 Å². The highest BCUT2D eigenvalue weighted by Gasteiger charge is 2.27. The van der Waals surface area contributed by atoms with Gasteiger partial charge in [-0.3, -0.25) is 18.6 Å². The van der Waals surface area contributed by atoms with Crippen LogP contribution in [0, 0.1) is 0 Å². The lowest BCUT2D eigenvalue weighted by molar-refractivity contribution is -0.161. The quantitative estimate of drug-likeness (QED) is 0.0238. The number of ether oxygens (including phenoxy) is 2. The summed E-state index contributed by atoms with van der Waals surface area (Å²) in [5.74, 6) is -0.936. The van der Waals surface area contributed by atoms with Crippen molar-refractivity contribution in [1.82, 2.24) is 0 Å². The summed E-state index contributed by atoms with van der Waals surface area (Å²) in [4.78, 5) is 34.9. The van der Waals surface area contributed by atoms with Crippen LogP contribution >= 0.6 is 7.82 Å². The molecule has 0 aromatic heterocycles. The Labute approximate surface area is 323 Å². The van der Waals surface area contributed by atoms with Gasteiger partial charge in [-0.2, -0.15) is 0 Å². The minimum atomic E-state index is -4.61. The summed E-state index contributed by atoms with van der Waals surface area (Å²) >= 11 is 0. The Bertz CT molecular complexity index is 941. The third-order valence-electron chi connectivity index (χ3n) is 9.08. The molecule has 0 aliphatic rings. The highest BCUT2D eigenvalue weighted by atomic mass is 31.2. The number of hydrogen-bond donors (Lipinski definition) is 3. The van der Waals surface area contributed by atoms with Crippen LogP contribution in [0.5, 0.6) is 0 Å². The molecule has 0 rings (SSSR count). The first-order chi connectivity index (χ1) is 25.7. The van der Waals surface area contributed by atoms with Gasteiger partial charge in [0.05, 0.1) is 19.8 Å². The van der Waals surface area contributed by atoms with Gasteiger partial charge in [0, 0.05) is 12.8 Å².